The van der Waals surface area contributed by atoms with Gasteiger partial charge in [-0.3, -0.25) is 0 Å². The van der Waals surface area contributed by atoms with Crippen LogP contribution in [0.5, 0.6) is 0 Å². The fraction of sp³-hybridized carbons (Fsp3) is 0.364. The molecule has 2 atom stereocenters. The zero-order valence-electron chi connectivity index (χ0n) is 16.5. The number of aromatic nitrogens is 5. The molecular formula is C22H18F2N6S. The summed E-state index contributed by atoms with van der Waals surface area (Å²) in [6.45, 7) is 0.762. The second-order valence-corrected chi connectivity index (χ2v) is 9.73. The fourth-order valence-electron chi connectivity index (χ4n) is 5.10. The highest BCUT2D eigenvalue weighted by molar-refractivity contribution is 7.14. The Labute approximate surface area is 180 Å². The molecule has 1 aliphatic heterocycles. The first-order valence-electron chi connectivity index (χ1n) is 10.5. The SMILES string of the molecule is Fc1ccc(F)c([C@@]23C[C@@H]2CCN3c2ccn3ncc(-c4nnc(C5CC5)s4)c3n2)c1. The molecule has 1 aromatic carbocycles. The van der Waals surface area contributed by atoms with Crippen molar-refractivity contribution in [2.24, 2.45) is 5.92 Å². The van der Waals surface area contributed by atoms with Crippen LogP contribution in [0.25, 0.3) is 16.2 Å². The molecular weight excluding hydrogens is 418 g/mol. The molecule has 0 amide bonds. The van der Waals surface area contributed by atoms with E-state index in [-0.39, 0.29) is 5.82 Å². The van der Waals surface area contributed by atoms with Crippen molar-refractivity contribution in [3.8, 4) is 10.6 Å². The van der Waals surface area contributed by atoms with E-state index in [1.54, 1.807) is 22.0 Å². The third-order valence-corrected chi connectivity index (χ3v) is 8.00. The lowest BCUT2D eigenvalue weighted by Crippen LogP contribution is -2.34. The molecule has 3 aliphatic rings. The van der Waals surface area contributed by atoms with E-state index in [4.69, 9.17) is 4.98 Å². The minimum absolute atomic E-state index is 0.315. The molecule has 2 saturated carbocycles. The molecule has 0 bridgehead atoms. The molecule has 0 N–H and O–H groups in total. The van der Waals surface area contributed by atoms with Gasteiger partial charge in [0.2, 0.25) is 0 Å². The summed E-state index contributed by atoms with van der Waals surface area (Å²) in [6, 6.07) is 5.65. The molecule has 3 fully saturated rings. The van der Waals surface area contributed by atoms with Gasteiger partial charge in [-0.1, -0.05) is 11.3 Å². The Hall–Kier alpha value is -2.94. The van der Waals surface area contributed by atoms with Crippen molar-refractivity contribution in [2.75, 3.05) is 11.4 Å². The molecule has 1 saturated heterocycles. The predicted octanol–water partition coefficient (Wildman–Crippen LogP) is 4.53. The van der Waals surface area contributed by atoms with E-state index in [1.165, 1.54) is 31.0 Å². The third kappa shape index (κ3) is 2.52. The molecule has 9 heteroatoms. The average molecular weight is 436 g/mol. The van der Waals surface area contributed by atoms with E-state index in [0.717, 1.165) is 40.8 Å². The number of fused-ring (bicyclic) bond motifs is 2. The van der Waals surface area contributed by atoms with Crippen molar-refractivity contribution >= 4 is 22.8 Å². The van der Waals surface area contributed by atoms with E-state index >= 15 is 0 Å². The Morgan fingerprint density at radius 3 is 2.84 bits per heavy atom. The summed E-state index contributed by atoms with van der Waals surface area (Å²) >= 11 is 1.60. The van der Waals surface area contributed by atoms with Gasteiger partial charge in [-0.15, -0.1) is 10.2 Å². The van der Waals surface area contributed by atoms with Gasteiger partial charge in [-0.2, -0.15) is 5.10 Å². The number of hydrogen-bond donors (Lipinski definition) is 0. The minimum atomic E-state index is -0.514. The lowest BCUT2D eigenvalue weighted by molar-refractivity contribution is 0.544. The van der Waals surface area contributed by atoms with Crippen molar-refractivity contribution in [1.29, 1.82) is 0 Å². The number of nitrogens with zero attached hydrogens (tertiary/aromatic N) is 6. The quantitative estimate of drug-likeness (QED) is 0.471. The van der Waals surface area contributed by atoms with Gasteiger partial charge in [0.05, 0.1) is 17.3 Å². The summed E-state index contributed by atoms with van der Waals surface area (Å²) in [7, 11) is 0. The lowest BCUT2D eigenvalue weighted by Gasteiger charge is -2.30. The first kappa shape index (κ1) is 17.7. The molecule has 2 aliphatic carbocycles. The Bertz CT molecular complexity index is 1350. The Balaban J connectivity index is 1.32. The van der Waals surface area contributed by atoms with E-state index in [9.17, 15) is 8.78 Å². The Kier molecular flexibility index (Phi) is 3.46. The van der Waals surface area contributed by atoms with Gasteiger partial charge in [0.1, 0.15) is 22.5 Å². The summed E-state index contributed by atoms with van der Waals surface area (Å²) in [4.78, 5) is 7.05. The van der Waals surface area contributed by atoms with E-state index < -0.39 is 11.4 Å². The van der Waals surface area contributed by atoms with Crippen LogP contribution in [-0.4, -0.2) is 31.3 Å². The van der Waals surface area contributed by atoms with Gasteiger partial charge in [-0.05, 0) is 55.9 Å². The number of benzene rings is 1. The van der Waals surface area contributed by atoms with Crippen LogP contribution in [-0.2, 0) is 5.54 Å². The van der Waals surface area contributed by atoms with Gasteiger partial charge in [0.25, 0.3) is 0 Å². The van der Waals surface area contributed by atoms with Crippen molar-refractivity contribution in [3.05, 3.63) is 58.9 Å². The maximum atomic E-state index is 14.7. The zero-order valence-corrected chi connectivity index (χ0v) is 17.3. The molecule has 4 heterocycles. The standard InChI is InChI=1S/C22H18F2N6S/c23-14-3-4-17(24)16(9-14)22-10-13(22)5-7-29(22)18-6-8-30-19(26-18)15(11-25-30)21-28-27-20(31-21)12-1-2-12/h3-4,6,8-9,11-13H,1-2,5,7,10H2/t13-,22+/m0/s1. The number of hydrogen-bond acceptors (Lipinski definition) is 6. The summed E-state index contributed by atoms with van der Waals surface area (Å²) in [5, 5.41) is 15.0. The monoisotopic (exact) mass is 436 g/mol. The average Bonchev–Trinajstić information content (AvgIpc) is 3.60. The first-order chi connectivity index (χ1) is 15.1. The van der Waals surface area contributed by atoms with Crippen LogP contribution in [0.4, 0.5) is 14.6 Å². The number of rotatable bonds is 4. The molecule has 6 nitrogen and oxygen atoms in total. The van der Waals surface area contributed by atoms with E-state index in [1.807, 2.05) is 12.3 Å². The largest absolute Gasteiger partial charge is 0.346 e. The van der Waals surface area contributed by atoms with Gasteiger partial charge in [0, 0.05) is 24.2 Å². The molecule has 4 aromatic rings. The molecule has 3 aromatic heterocycles. The van der Waals surface area contributed by atoms with Gasteiger partial charge in [0.15, 0.2) is 10.7 Å². The molecule has 31 heavy (non-hydrogen) atoms. The van der Waals surface area contributed by atoms with Crippen LogP contribution >= 0.6 is 11.3 Å². The number of halogens is 2. The van der Waals surface area contributed by atoms with Crippen LogP contribution in [0.1, 0.15) is 42.2 Å². The zero-order chi connectivity index (χ0) is 20.7. The van der Waals surface area contributed by atoms with E-state index in [0.29, 0.717) is 23.0 Å². The number of piperidine rings is 1. The summed E-state index contributed by atoms with van der Waals surface area (Å²) in [5.74, 6) is 0.852. The summed E-state index contributed by atoms with van der Waals surface area (Å²) in [5.41, 5.74) is 1.47. The fourth-order valence-corrected chi connectivity index (χ4v) is 6.11. The maximum absolute atomic E-state index is 14.7. The molecule has 0 radical (unpaired) electrons. The highest BCUT2D eigenvalue weighted by Gasteiger charge is 2.64. The van der Waals surface area contributed by atoms with Crippen LogP contribution in [0.2, 0.25) is 0 Å². The van der Waals surface area contributed by atoms with Crippen molar-refractivity contribution in [1.82, 2.24) is 24.8 Å². The van der Waals surface area contributed by atoms with Crippen molar-refractivity contribution in [2.45, 2.75) is 37.1 Å². The van der Waals surface area contributed by atoms with Gasteiger partial charge in [-0.25, -0.2) is 18.3 Å². The van der Waals surface area contributed by atoms with Crippen LogP contribution < -0.4 is 4.90 Å². The van der Waals surface area contributed by atoms with Crippen LogP contribution in [0, 0.1) is 17.6 Å². The van der Waals surface area contributed by atoms with Gasteiger partial charge >= 0.3 is 0 Å². The van der Waals surface area contributed by atoms with E-state index in [2.05, 4.69) is 20.2 Å². The Morgan fingerprint density at radius 1 is 1.10 bits per heavy atom. The van der Waals surface area contributed by atoms with Crippen molar-refractivity contribution < 1.29 is 8.78 Å². The lowest BCUT2D eigenvalue weighted by atomic mass is 10.0. The summed E-state index contributed by atoms with van der Waals surface area (Å²) < 4.78 is 30.4. The minimum Gasteiger partial charge on any atom is -0.346 e. The number of anilines is 1. The molecule has 0 spiro atoms. The van der Waals surface area contributed by atoms with Crippen LogP contribution in [0.15, 0.2) is 36.7 Å². The van der Waals surface area contributed by atoms with Crippen molar-refractivity contribution in [3.63, 3.8) is 0 Å². The normalized spacial score (nSPS) is 24.7. The highest BCUT2D eigenvalue weighted by Crippen LogP contribution is 2.63. The molecule has 7 rings (SSSR count). The van der Waals surface area contributed by atoms with Crippen LogP contribution in [0.3, 0.4) is 0 Å². The molecule has 0 unspecified atom stereocenters. The predicted molar refractivity (Wildman–Crippen MR) is 112 cm³/mol. The highest BCUT2D eigenvalue weighted by atomic mass is 32.1. The Morgan fingerprint density at radius 2 is 2.00 bits per heavy atom. The summed E-state index contributed by atoms with van der Waals surface area (Å²) in [6.07, 6.45) is 7.76. The first-order valence-corrected chi connectivity index (χ1v) is 11.4. The van der Waals surface area contributed by atoms with Gasteiger partial charge < -0.3 is 4.90 Å². The smallest absolute Gasteiger partial charge is 0.167 e. The third-order valence-electron chi connectivity index (χ3n) is 6.88. The second kappa shape index (κ2) is 6.06. The molecule has 156 valence electrons. The maximum Gasteiger partial charge on any atom is 0.167 e. The topological polar surface area (TPSA) is 59.2 Å². The second-order valence-electron chi connectivity index (χ2n) is 8.72.